The van der Waals surface area contributed by atoms with Crippen LogP contribution in [0.25, 0.3) is 0 Å². The van der Waals surface area contributed by atoms with Crippen molar-refractivity contribution in [1.82, 2.24) is 9.80 Å². The van der Waals surface area contributed by atoms with E-state index in [4.69, 9.17) is 32.5 Å². The summed E-state index contributed by atoms with van der Waals surface area (Å²) in [5.41, 5.74) is 16.8. The molecule has 350 valence electrons. The van der Waals surface area contributed by atoms with Crippen LogP contribution in [-0.2, 0) is 38.2 Å². The van der Waals surface area contributed by atoms with Crippen LogP contribution in [-0.4, -0.2) is 84.8 Å². The van der Waals surface area contributed by atoms with Gasteiger partial charge >= 0.3 is 11.9 Å². The summed E-state index contributed by atoms with van der Waals surface area (Å²) < 4.78 is 24.8. The van der Waals surface area contributed by atoms with Crippen LogP contribution in [0.1, 0.15) is 102 Å². The first-order chi connectivity index (χ1) is 30.9. The highest BCUT2D eigenvalue weighted by Gasteiger charge is 2.41. The lowest BCUT2D eigenvalue weighted by Crippen LogP contribution is -2.47. The molecule has 3 saturated heterocycles. The number of amides is 4. The summed E-state index contributed by atoms with van der Waals surface area (Å²) in [5.74, 6) is -4.38. The van der Waals surface area contributed by atoms with Crippen molar-refractivity contribution in [3.63, 3.8) is 0 Å². The number of carbonyl (C=O) groups is 6. The van der Waals surface area contributed by atoms with Gasteiger partial charge in [0, 0.05) is 18.8 Å². The van der Waals surface area contributed by atoms with Gasteiger partial charge in [0.1, 0.15) is 17.9 Å². The summed E-state index contributed by atoms with van der Waals surface area (Å²) in [6, 6.07) is 13.3. The molecular weight excluding hydrogens is 857 g/mol. The lowest BCUT2D eigenvalue weighted by atomic mass is 9.90. The van der Waals surface area contributed by atoms with Crippen LogP contribution in [0.5, 0.6) is 0 Å². The second kappa shape index (κ2) is 20.9. The third-order valence-corrected chi connectivity index (χ3v) is 13.5. The van der Waals surface area contributed by atoms with Gasteiger partial charge in [-0.2, -0.15) is 0 Å². The molecule has 0 bridgehead atoms. The molecular formula is C48H61ClFN7O8. The highest BCUT2D eigenvalue weighted by molar-refractivity contribution is 6.30. The van der Waals surface area contributed by atoms with Gasteiger partial charge in [-0.1, -0.05) is 51.4 Å². The summed E-state index contributed by atoms with van der Waals surface area (Å²) in [4.78, 5) is 84.1. The Hall–Kier alpha value is -5.90. The molecule has 0 radical (unpaired) electrons. The van der Waals surface area contributed by atoms with Crippen molar-refractivity contribution >= 4 is 75.6 Å². The maximum absolute atomic E-state index is 15.1. The van der Waals surface area contributed by atoms with E-state index in [9.17, 15) is 28.8 Å². The number of benzene rings is 3. The number of rotatable bonds is 15. The van der Waals surface area contributed by atoms with Gasteiger partial charge in [-0.05, 0) is 104 Å². The molecule has 0 unspecified atom stereocenters. The van der Waals surface area contributed by atoms with E-state index in [-0.39, 0.29) is 65.4 Å². The average molecular weight is 919 g/mol. The number of nitrogens with one attached hydrogen (secondary N) is 2. The smallest absolute Gasteiger partial charge is 0.306 e. The topological polar surface area (TPSA) is 207 Å². The van der Waals surface area contributed by atoms with Gasteiger partial charge in [-0.15, -0.1) is 0 Å². The Kier molecular flexibility index (Phi) is 15.6. The second-order valence-corrected chi connectivity index (χ2v) is 18.3. The quantitative estimate of drug-likeness (QED) is 0.0882. The van der Waals surface area contributed by atoms with Crippen molar-refractivity contribution in [3.05, 3.63) is 76.6 Å². The molecule has 3 aromatic carbocycles. The van der Waals surface area contributed by atoms with E-state index in [1.165, 1.54) is 26.4 Å². The molecule has 6 N–H and O–H groups in total. The van der Waals surface area contributed by atoms with Crippen molar-refractivity contribution in [2.45, 2.75) is 103 Å². The van der Waals surface area contributed by atoms with Gasteiger partial charge in [0.2, 0.25) is 23.6 Å². The highest BCUT2D eigenvalue weighted by Crippen LogP contribution is 2.48. The largest absolute Gasteiger partial charge is 0.469 e. The van der Waals surface area contributed by atoms with Crippen LogP contribution in [0.3, 0.4) is 0 Å². The van der Waals surface area contributed by atoms with E-state index in [0.29, 0.717) is 80.1 Å². The number of anilines is 5. The van der Waals surface area contributed by atoms with E-state index in [1.54, 1.807) is 40.1 Å². The summed E-state index contributed by atoms with van der Waals surface area (Å²) >= 11 is 6.13. The molecule has 3 aliphatic rings. The number of nitrogen functional groups attached to an aromatic ring is 2. The number of nitrogens with two attached hydrogens (primary N) is 2. The van der Waals surface area contributed by atoms with Gasteiger partial charge in [0.15, 0.2) is 0 Å². The molecule has 0 aliphatic carbocycles. The molecule has 15 nitrogen and oxygen atoms in total. The minimum atomic E-state index is -0.734. The Labute approximate surface area is 384 Å². The Morgan fingerprint density at radius 3 is 1.48 bits per heavy atom. The van der Waals surface area contributed by atoms with Gasteiger partial charge in [0.25, 0.3) is 0 Å². The fourth-order valence-electron chi connectivity index (χ4n) is 9.48. The zero-order chi connectivity index (χ0) is 47.3. The molecule has 3 aromatic rings. The molecule has 0 aromatic heterocycles. The van der Waals surface area contributed by atoms with Gasteiger partial charge < -0.3 is 46.3 Å². The third-order valence-electron chi connectivity index (χ3n) is 13.2. The first-order valence-electron chi connectivity index (χ1n) is 22.3. The van der Waals surface area contributed by atoms with E-state index in [1.807, 2.05) is 39.8 Å². The van der Waals surface area contributed by atoms with Gasteiger partial charge in [-0.3, -0.25) is 28.8 Å². The van der Waals surface area contributed by atoms with Gasteiger partial charge in [-0.25, -0.2) is 4.39 Å². The number of likely N-dealkylation sites (tertiary alicyclic amines) is 2. The maximum atomic E-state index is 15.1. The highest BCUT2D eigenvalue weighted by atomic mass is 35.5. The molecule has 4 amide bonds. The lowest BCUT2D eigenvalue weighted by Gasteiger charge is -2.34. The number of ether oxygens (including phenoxy) is 2. The fourth-order valence-corrected chi connectivity index (χ4v) is 9.60. The standard InChI is InChI=1S/C48H61ClFN7O8/c1-26(2)31(24-43(58)64-5)47(62)55-19-7-9-41(55)45(60)53-37-15-11-28(21-35(37)51)39-17-18-40(57(39)30-13-14-33(49)34(50)23-30)29-12-16-38(36(52)22-29)54-46(61)42-10-8-20-56(42)48(63)32(27(3)4)25-44(59)65-6/h11-16,21-23,26-27,31-32,39-42H,7-10,17-20,24-25,51-52H2,1-6H3,(H,53,60)(H,54,61)/t31-,32-,39+,40+,41-,42-/m0/s1. The number of hydrogen-bond acceptors (Lipinski definition) is 11. The molecule has 6 atom stereocenters. The van der Waals surface area contributed by atoms with Crippen LogP contribution in [0.4, 0.5) is 32.8 Å². The Morgan fingerprint density at radius 1 is 0.677 bits per heavy atom. The Balaban J connectivity index is 1.19. The normalized spacial score (nSPS) is 20.5. The second-order valence-electron chi connectivity index (χ2n) is 17.9. The average Bonchev–Trinajstić information content (AvgIpc) is 4.07. The van der Waals surface area contributed by atoms with E-state index >= 15 is 4.39 Å². The van der Waals surface area contributed by atoms with E-state index < -0.39 is 41.7 Å². The number of halogens is 2. The zero-order valence-electron chi connectivity index (χ0n) is 37.9. The monoisotopic (exact) mass is 917 g/mol. The molecule has 3 aliphatic heterocycles. The minimum absolute atomic E-state index is 0.0221. The van der Waals surface area contributed by atoms with Crippen LogP contribution >= 0.6 is 11.6 Å². The molecule has 0 spiro atoms. The first-order valence-corrected chi connectivity index (χ1v) is 22.7. The molecule has 65 heavy (non-hydrogen) atoms. The predicted molar refractivity (Wildman–Crippen MR) is 247 cm³/mol. The number of carbonyl (C=O) groups excluding carboxylic acids is 6. The number of nitrogens with zero attached hydrogens (tertiary/aromatic N) is 3. The summed E-state index contributed by atoms with van der Waals surface area (Å²) in [5, 5.41) is 5.83. The van der Waals surface area contributed by atoms with Crippen molar-refractivity contribution in [2.75, 3.05) is 54.3 Å². The fraction of sp³-hybridized carbons (Fsp3) is 0.500. The van der Waals surface area contributed by atoms with E-state index in [0.717, 1.165) is 11.1 Å². The zero-order valence-corrected chi connectivity index (χ0v) is 38.7. The number of hydrogen-bond donors (Lipinski definition) is 4. The maximum Gasteiger partial charge on any atom is 0.306 e. The van der Waals surface area contributed by atoms with Crippen molar-refractivity contribution < 1.29 is 42.6 Å². The SMILES string of the molecule is COC(=O)C[C@H](C(=O)N1CCC[C@H]1C(=O)Nc1ccc([C@H]2CC[C@H](c3ccc(NC(=O)[C@@H]4CCCN4C(=O)[C@@H](CC(=O)OC)C(C)C)c(N)c3)N2c2ccc(Cl)c(F)c2)cc1N)C(C)C. The third kappa shape index (κ3) is 10.8. The van der Waals surface area contributed by atoms with Gasteiger partial charge in [0.05, 0.1) is 78.8 Å². The van der Waals surface area contributed by atoms with Crippen LogP contribution in [0.2, 0.25) is 5.02 Å². The molecule has 3 heterocycles. The van der Waals surface area contributed by atoms with Crippen molar-refractivity contribution in [2.24, 2.45) is 23.7 Å². The molecule has 17 heteroatoms. The number of esters is 2. The lowest BCUT2D eigenvalue weighted by molar-refractivity contribution is -0.149. The summed E-state index contributed by atoms with van der Waals surface area (Å²) in [6.45, 7) is 8.23. The number of methoxy groups -OCH3 is 2. The Morgan fingerprint density at radius 2 is 1.11 bits per heavy atom. The molecule has 3 fully saturated rings. The van der Waals surface area contributed by atoms with Crippen LogP contribution in [0, 0.1) is 29.5 Å². The predicted octanol–water partition coefficient (Wildman–Crippen LogP) is 7.26. The van der Waals surface area contributed by atoms with E-state index in [2.05, 4.69) is 15.5 Å². The van der Waals surface area contributed by atoms with Crippen molar-refractivity contribution in [3.8, 4) is 0 Å². The molecule has 0 saturated carbocycles. The van der Waals surface area contributed by atoms with Crippen molar-refractivity contribution in [1.29, 1.82) is 0 Å². The summed E-state index contributed by atoms with van der Waals surface area (Å²) in [6.07, 6.45) is 3.33. The van der Waals surface area contributed by atoms with Crippen LogP contribution in [0.15, 0.2) is 54.6 Å². The Bertz CT molecular complexity index is 2160. The minimum Gasteiger partial charge on any atom is -0.469 e. The first kappa shape index (κ1) is 48.6. The van der Waals surface area contributed by atoms with Crippen LogP contribution < -0.4 is 27.0 Å². The summed E-state index contributed by atoms with van der Waals surface area (Å²) in [7, 11) is 2.56. The molecule has 6 rings (SSSR count).